The molecule has 1 aliphatic heterocycles. The highest BCUT2D eigenvalue weighted by atomic mass is 16.2. The molecular weight excluding hydrogens is 342 g/mol. The number of carbonyl (C=O) groups excluding carboxylic acids is 1. The molecule has 2 aromatic heterocycles. The lowest BCUT2D eigenvalue weighted by molar-refractivity contribution is -0.133. The number of hydrogen-bond acceptors (Lipinski definition) is 7. The Hall–Kier alpha value is -2.61. The number of nitrogens with one attached hydrogen (secondary N) is 1. The van der Waals surface area contributed by atoms with Crippen LogP contribution in [0.2, 0.25) is 0 Å². The van der Waals surface area contributed by atoms with Crippen molar-refractivity contribution in [1.82, 2.24) is 29.7 Å². The minimum Gasteiger partial charge on any atom is -0.341 e. The lowest BCUT2D eigenvalue weighted by Gasteiger charge is -2.33. The Kier molecular flexibility index (Phi) is 5.95. The lowest BCUT2D eigenvalue weighted by Crippen LogP contribution is -2.43. The maximum atomic E-state index is 12.4. The standard InChI is InChI=1S/C19H27N7O/c1-13-8-14(2)22-19(21-13)24-17-10-20-9-16(23-17)15-6-5-7-26(11-15)18(27)12-25(3)4/h8-10,15H,5-7,11-12H2,1-4H3,(H,21,22,23,24). The third-order valence-electron chi connectivity index (χ3n) is 4.52. The predicted molar refractivity (Wildman–Crippen MR) is 104 cm³/mol. The minimum atomic E-state index is 0.163. The van der Waals surface area contributed by atoms with Crippen LogP contribution >= 0.6 is 0 Å². The molecule has 1 saturated heterocycles. The van der Waals surface area contributed by atoms with E-state index in [2.05, 4.69) is 20.3 Å². The van der Waals surface area contributed by atoms with Crippen LogP contribution < -0.4 is 5.32 Å². The van der Waals surface area contributed by atoms with Gasteiger partial charge in [-0.2, -0.15) is 0 Å². The summed E-state index contributed by atoms with van der Waals surface area (Å²) in [5.74, 6) is 1.49. The molecule has 0 bridgehead atoms. The van der Waals surface area contributed by atoms with E-state index in [4.69, 9.17) is 4.98 Å². The molecule has 0 radical (unpaired) electrons. The molecule has 1 aliphatic rings. The van der Waals surface area contributed by atoms with Crippen LogP contribution in [-0.4, -0.2) is 69.4 Å². The second-order valence-corrected chi connectivity index (χ2v) is 7.35. The third kappa shape index (κ3) is 5.19. The molecule has 0 aliphatic carbocycles. The van der Waals surface area contributed by atoms with Crippen molar-refractivity contribution in [3.05, 3.63) is 35.5 Å². The van der Waals surface area contributed by atoms with E-state index in [-0.39, 0.29) is 11.8 Å². The number of piperidine rings is 1. The summed E-state index contributed by atoms with van der Waals surface area (Å²) in [4.78, 5) is 34.0. The monoisotopic (exact) mass is 369 g/mol. The van der Waals surface area contributed by atoms with Gasteiger partial charge in [0.25, 0.3) is 0 Å². The van der Waals surface area contributed by atoms with E-state index >= 15 is 0 Å². The zero-order valence-electron chi connectivity index (χ0n) is 16.4. The first-order chi connectivity index (χ1) is 12.9. The molecule has 3 rings (SSSR count). The lowest BCUT2D eigenvalue weighted by atomic mass is 9.95. The Morgan fingerprint density at radius 3 is 2.67 bits per heavy atom. The molecule has 1 atom stereocenters. The van der Waals surface area contributed by atoms with Gasteiger partial charge < -0.3 is 15.1 Å². The molecule has 1 amide bonds. The van der Waals surface area contributed by atoms with E-state index < -0.39 is 0 Å². The molecule has 1 N–H and O–H groups in total. The molecule has 0 spiro atoms. The fourth-order valence-electron chi connectivity index (χ4n) is 3.35. The molecule has 3 heterocycles. The van der Waals surface area contributed by atoms with Gasteiger partial charge in [-0.1, -0.05) is 0 Å². The molecule has 0 saturated carbocycles. The van der Waals surface area contributed by atoms with E-state index in [1.54, 1.807) is 12.4 Å². The number of carbonyl (C=O) groups is 1. The van der Waals surface area contributed by atoms with E-state index in [0.717, 1.165) is 36.5 Å². The molecule has 1 fully saturated rings. The summed E-state index contributed by atoms with van der Waals surface area (Å²) in [5.41, 5.74) is 2.69. The van der Waals surface area contributed by atoms with Gasteiger partial charge in [-0.15, -0.1) is 0 Å². The first-order valence-corrected chi connectivity index (χ1v) is 9.24. The van der Waals surface area contributed by atoms with Crippen LogP contribution in [0.3, 0.4) is 0 Å². The summed E-state index contributed by atoms with van der Waals surface area (Å²) < 4.78 is 0. The summed E-state index contributed by atoms with van der Waals surface area (Å²) in [5, 5.41) is 3.14. The Morgan fingerprint density at radius 1 is 1.22 bits per heavy atom. The van der Waals surface area contributed by atoms with Crippen molar-refractivity contribution in [2.45, 2.75) is 32.6 Å². The summed E-state index contributed by atoms with van der Waals surface area (Å²) in [6.45, 7) is 5.80. The van der Waals surface area contributed by atoms with Crippen LogP contribution in [0, 0.1) is 13.8 Å². The second kappa shape index (κ2) is 8.39. The average Bonchev–Trinajstić information content (AvgIpc) is 2.60. The molecule has 144 valence electrons. The SMILES string of the molecule is Cc1cc(C)nc(Nc2cncc(C3CCCN(C(=O)CN(C)C)C3)n2)n1. The number of likely N-dealkylation sites (N-methyl/N-ethyl adjacent to an activating group) is 1. The summed E-state index contributed by atoms with van der Waals surface area (Å²) in [6, 6.07) is 1.93. The van der Waals surface area contributed by atoms with Crippen LogP contribution in [0.5, 0.6) is 0 Å². The van der Waals surface area contributed by atoms with E-state index in [9.17, 15) is 4.79 Å². The van der Waals surface area contributed by atoms with E-state index in [0.29, 0.717) is 24.9 Å². The van der Waals surface area contributed by atoms with Gasteiger partial charge in [-0.25, -0.2) is 15.0 Å². The highest BCUT2D eigenvalue weighted by Gasteiger charge is 2.26. The average molecular weight is 369 g/mol. The molecule has 1 unspecified atom stereocenters. The number of nitrogens with zero attached hydrogens (tertiary/aromatic N) is 6. The number of rotatable bonds is 5. The fourth-order valence-corrected chi connectivity index (χ4v) is 3.35. The van der Waals surface area contributed by atoms with Gasteiger partial charge in [0.15, 0.2) is 5.82 Å². The van der Waals surface area contributed by atoms with Gasteiger partial charge in [0.05, 0.1) is 18.4 Å². The summed E-state index contributed by atoms with van der Waals surface area (Å²) >= 11 is 0. The highest BCUT2D eigenvalue weighted by molar-refractivity contribution is 5.78. The molecule has 2 aromatic rings. The van der Waals surface area contributed by atoms with Gasteiger partial charge in [-0.3, -0.25) is 9.78 Å². The predicted octanol–water partition coefficient (Wildman–Crippen LogP) is 1.89. The molecule has 8 heteroatoms. The number of aryl methyl sites for hydroxylation is 2. The number of anilines is 2. The summed E-state index contributed by atoms with van der Waals surface area (Å²) in [6.07, 6.45) is 5.44. The summed E-state index contributed by atoms with van der Waals surface area (Å²) in [7, 11) is 3.82. The molecule has 27 heavy (non-hydrogen) atoms. The zero-order valence-corrected chi connectivity index (χ0v) is 16.4. The van der Waals surface area contributed by atoms with E-state index in [1.807, 2.05) is 43.8 Å². The first kappa shape index (κ1) is 19.2. The maximum Gasteiger partial charge on any atom is 0.236 e. The van der Waals surface area contributed by atoms with Crippen LogP contribution in [0.25, 0.3) is 0 Å². The highest BCUT2D eigenvalue weighted by Crippen LogP contribution is 2.26. The van der Waals surface area contributed by atoms with Crippen molar-refractivity contribution in [2.75, 3.05) is 39.0 Å². The van der Waals surface area contributed by atoms with Crippen molar-refractivity contribution < 1.29 is 4.79 Å². The minimum absolute atomic E-state index is 0.163. The van der Waals surface area contributed by atoms with Crippen molar-refractivity contribution >= 4 is 17.7 Å². The van der Waals surface area contributed by atoms with Crippen LogP contribution in [0.4, 0.5) is 11.8 Å². The maximum absolute atomic E-state index is 12.4. The van der Waals surface area contributed by atoms with Crippen molar-refractivity contribution in [2.24, 2.45) is 0 Å². The van der Waals surface area contributed by atoms with Gasteiger partial charge in [-0.05, 0) is 46.9 Å². The normalized spacial score (nSPS) is 17.2. The Balaban J connectivity index is 1.72. The zero-order chi connectivity index (χ0) is 19.4. The third-order valence-corrected chi connectivity index (χ3v) is 4.52. The number of likely N-dealkylation sites (tertiary alicyclic amines) is 1. The Bertz CT molecular complexity index is 788. The van der Waals surface area contributed by atoms with Gasteiger partial charge >= 0.3 is 0 Å². The van der Waals surface area contributed by atoms with Gasteiger partial charge in [0, 0.05) is 36.6 Å². The smallest absolute Gasteiger partial charge is 0.236 e. The number of aromatic nitrogens is 4. The topological polar surface area (TPSA) is 87.1 Å². The Labute approximate surface area is 160 Å². The van der Waals surface area contributed by atoms with Crippen molar-refractivity contribution in [3.8, 4) is 0 Å². The number of amides is 1. The first-order valence-electron chi connectivity index (χ1n) is 9.24. The fraction of sp³-hybridized carbons (Fsp3) is 0.526. The van der Waals surface area contributed by atoms with Crippen LogP contribution in [0.1, 0.15) is 35.8 Å². The van der Waals surface area contributed by atoms with Gasteiger partial charge in [0.2, 0.25) is 11.9 Å². The second-order valence-electron chi connectivity index (χ2n) is 7.35. The van der Waals surface area contributed by atoms with Crippen molar-refractivity contribution in [3.63, 3.8) is 0 Å². The molecule has 8 nitrogen and oxygen atoms in total. The molecule has 0 aromatic carbocycles. The number of hydrogen-bond donors (Lipinski definition) is 1. The molecular formula is C19H27N7O. The van der Waals surface area contributed by atoms with E-state index in [1.165, 1.54) is 0 Å². The van der Waals surface area contributed by atoms with Crippen LogP contribution in [-0.2, 0) is 4.79 Å². The quantitative estimate of drug-likeness (QED) is 0.861. The largest absolute Gasteiger partial charge is 0.341 e. The Morgan fingerprint density at radius 2 is 1.96 bits per heavy atom. The van der Waals surface area contributed by atoms with Gasteiger partial charge in [0.1, 0.15) is 0 Å². The van der Waals surface area contributed by atoms with Crippen LogP contribution in [0.15, 0.2) is 18.5 Å². The van der Waals surface area contributed by atoms with Crippen molar-refractivity contribution in [1.29, 1.82) is 0 Å².